The van der Waals surface area contributed by atoms with Crippen molar-refractivity contribution < 1.29 is 19.0 Å². The van der Waals surface area contributed by atoms with Crippen molar-refractivity contribution in [2.75, 3.05) is 33.5 Å². The highest BCUT2D eigenvalue weighted by Crippen LogP contribution is 2.02. The Morgan fingerprint density at radius 1 is 1.06 bits per heavy atom. The van der Waals surface area contributed by atoms with E-state index in [0.717, 1.165) is 38.9 Å². The van der Waals surface area contributed by atoms with Crippen LogP contribution >= 0.6 is 0 Å². The molecule has 0 saturated carbocycles. The summed E-state index contributed by atoms with van der Waals surface area (Å²) in [6.07, 6.45) is 4.03. The van der Waals surface area contributed by atoms with Crippen LogP contribution in [0.2, 0.25) is 0 Å². The molecule has 0 amide bonds. The van der Waals surface area contributed by atoms with Crippen LogP contribution in [0.15, 0.2) is 0 Å². The number of esters is 1. The Morgan fingerprint density at radius 3 is 2.41 bits per heavy atom. The van der Waals surface area contributed by atoms with Crippen molar-refractivity contribution in [1.29, 1.82) is 0 Å². The van der Waals surface area contributed by atoms with Gasteiger partial charge in [-0.25, -0.2) is 0 Å². The van der Waals surface area contributed by atoms with E-state index in [-0.39, 0.29) is 11.9 Å². The first-order valence-corrected chi connectivity index (χ1v) is 6.45. The van der Waals surface area contributed by atoms with Gasteiger partial charge in [-0.05, 0) is 25.7 Å². The van der Waals surface area contributed by atoms with Crippen molar-refractivity contribution in [1.82, 2.24) is 0 Å². The third-order valence-corrected chi connectivity index (χ3v) is 2.62. The van der Waals surface area contributed by atoms with Gasteiger partial charge >= 0.3 is 5.97 Å². The van der Waals surface area contributed by atoms with Crippen molar-refractivity contribution in [3.8, 4) is 0 Å². The zero-order valence-corrected chi connectivity index (χ0v) is 11.4. The fraction of sp³-hybridized carbons (Fsp3) is 0.923. The van der Waals surface area contributed by atoms with Gasteiger partial charge in [-0.15, -0.1) is 0 Å². The molecular formula is C13H26O4. The van der Waals surface area contributed by atoms with Gasteiger partial charge in [-0.2, -0.15) is 0 Å². The molecular weight excluding hydrogens is 220 g/mol. The zero-order chi connectivity index (χ0) is 12.9. The largest absolute Gasteiger partial charge is 0.463 e. The van der Waals surface area contributed by atoms with E-state index in [4.69, 9.17) is 14.2 Å². The van der Waals surface area contributed by atoms with Gasteiger partial charge in [0.2, 0.25) is 0 Å². The fourth-order valence-corrected chi connectivity index (χ4v) is 1.24. The van der Waals surface area contributed by atoms with E-state index in [1.54, 1.807) is 7.11 Å². The van der Waals surface area contributed by atoms with Crippen LogP contribution in [0, 0.1) is 5.92 Å². The lowest BCUT2D eigenvalue weighted by atomic mass is 10.1. The molecule has 102 valence electrons. The minimum atomic E-state index is -0.129. The molecule has 0 N–H and O–H groups in total. The van der Waals surface area contributed by atoms with Gasteiger partial charge in [0.25, 0.3) is 0 Å². The third kappa shape index (κ3) is 10.3. The Labute approximate surface area is 105 Å². The highest BCUT2D eigenvalue weighted by Gasteiger charge is 2.10. The van der Waals surface area contributed by atoms with Crippen molar-refractivity contribution in [2.45, 2.75) is 39.5 Å². The molecule has 0 radical (unpaired) electrons. The molecule has 0 aliphatic heterocycles. The highest BCUT2D eigenvalue weighted by atomic mass is 16.6. The maximum Gasteiger partial charge on any atom is 0.308 e. The Kier molecular flexibility index (Phi) is 11.4. The van der Waals surface area contributed by atoms with Gasteiger partial charge in [0.15, 0.2) is 0 Å². The van der Waals surface area contributed by atoms with Crippen LogP contribution in [0.25, 0.3) is 0 Å². The number of unbranched alkanes of at least 4 members (excludes halogenated alkanes) is 2. The van der Waals surface area contributed by atoms with Crippen molar-refractivity contribution in [3.05, 3.63) is 0 Å². The molecule has 17 heavy (non-hydrogen) atoms. The number of methoxy groups -OCH3 is 1. The molecule has 0 aromatic carbocycles. The van der Waals surface area contributed by atoms with Crippen LogP contribution in [0.4, 0.5) is 0 Å². The van der Waals surface area contributed by atoms with E-state index >= 15 is 0 Å². The van der Waals surface area contributed by atoms with Crippen molar-refractivity contribution in [3.63, 3.8) is 0 Å². The Hall–Kier alpha value is -0.610. The SMILES string of the molecule is CCC(C)C(=O)OCCOCCCCCOC. The normalized spacial score (nSPS) is 12.4. The Balaban J connectivity index is 3.16. The summed E-state index contributed by atoms with van der Waals surface area (Å²) in [6, 6.07) is 0. The van der Waals surface area contributed by atoms with Crippen LogP contribution < -0.4 is 0 Å². The smallest absolute Gasteiger partial charge is 0.308 e. The summed E-state index contributed by atoms with van der Waals surface area (Å²) in [5, 5.41) is 0. The van der Waals surface area contributed by atoms with E-state index in [0.29, 0.717) is 13.2 Å². The van der Waals surface area contributed by atoms with Gasteiger partial charge in [0.1, 0.15) is 6.61 Å². The number of carbonyl (C=O) groups is 1. The maximum atomic E-state index is 11.3. The van der Waals surface area contributed by atoms with Crippen LogP contribution in [-0.4, -0.2) is 39.5 Å². The molecule has 1 atom stereocenters. The number of carbonyl (C=O) groups excluding carboxylic acids is 1. The van der Waals surface area contributed by atoms with Gasteiger partial charge in [0, 0.05) is 20.3 Å². The van der Waals surface area contributed by atoms with Crippen LogP contribution in [-0.2, 0) is 19.0 Å². The molecule has 0 bridgehead atoms. The molecule has 0 fully saturated rings. The van der Waals surface area contributed by atoms with Crippen molar-refractivity contribution in [2.24, 2.45) is 5.92 Å². The van der Waals surface area contributed by atoms with E-state index < -0.39 is 0 Å². The van der Waals surface area contributed by atoms with Gasteiger partial charge in [-0.3, -0.25) is 4.79 Å². The first kappa shape index (κ1) is 16.4. The first-order valence-electron chi connectivity index (χ1n) is 6.45. The molecule has 0 aliphatic carbocycles. The monoisotopic (exact) mass is 246 g/mol. The van der Waals surface area contributed by atoms with E-state index in [1.807, 2.05) is 13.8 Å². The van der Waals surface area contributed by atoms with Crippen LogP contribution in [0.5, 0.6) is 0 Å². The quantitative estimate of drug-likeness (QED) is 0.415. The number of ether oxygens (including phenoxy) is 3. The average Bonchev–Trinajstić information content (AvgIpc) is 2.35. The molecule has 1 unspecified atom stereocenters. The summed E-state index contributed by atoms with van der Waals surface area (Å²) in [4.78, 5) is 11.3. The first-order chi connectivity index (χ1) is 8.22. The molecule has 0 aromatic rings. The molecule has 0 rings (SSSR count). The summed E-state index contributed by atoms with van der Waals surface area (Å²) in [5.41, 5.74) is 0. The van der Waals surface area contributed by atoms with Gasteiger partial charge < -0.3 is 14.2 Å². The topological polar surface area (TPSA) is 44.8 Å². The van der Waals surface area contributed by atoms with E-state index in [2.05, 4.69) is 0 Å². The lowest BCUT2D eigenvalue weighted by Gasteiger charge is -2.09. The van der Waals surface area contributed by atoms with Crippen molar-refractivity contribution >= 4 is 5.97 Å². The summed E-state index contributed by atoms with van der Waals surface area (Å²) >= 11 is 0. The Morgan fingerprint density at radius 2 is 1.76 bits per heavy atom. The molecule has 4 nitrogen and oxygen atoms in total. The predicted molar refractivity (Wildman–Crippen MR) is 67.0 cm³/mol. The molecule has 0 aromatic heterocycles. The number of rotatable bonds is 11. The Bertz CT molecular complexity index is 182. The lowest BCUT2D eigenvalue weighted by Crippen LogP contribution is -2.17. The minimum absolute atomic E-state index is 0.0101. The number of hydrogen-bond acceptors (Lipinski definition) is 4. The molecule has 0 aliphatic rings. The predicted octanol–water partition coefficient (Wildman–Crippen LogP) is 2.41. The maximum absolute atomic E-state index is 11.3. The number of hydrogen-bond donors (Lipinski definition) is 0. The highest BCUT2D eigenvalue weighted by molar-refractivity contribution is 5.71. The standard InChI is InChI=1S/C13H26O4/c1-4-12(2)13(14)17-11-10-16-9-7-5-6-8-15-3/h12H,4-11H2,1-3H3. The summed E-state index contributed by atoms with van der Waals surface area (Å²) in [7, 11) is 1.71. The third-order valence-electron chi connectivity index (χ3n) is 2.62. The molecule has 0 saturated heterocycles. The second-order valence-electron chi connectivity index (χ2n) is 4.14. The second kappa shape index (κ2) is 11.9. The van der Waals surface area contributed by atoms with E-state index in [1.165, 1.54) is 0 Å². The minimum Gasteiger partial charge on any atom is -0.463 e. The molecule has 0 heterocycles. The molecule has 4 heteroatoms. The van der Waals surface area contributed by atoms with E-state index in [9.17, 15) is 4.79 Å². The summed E-state index contributed by atoms with van der Waals surface area (Å²) in [6.45, 7) is 6.24. The van der Waals surface area contributed by atoms with Crippen LogP contribution in [0.3, 0.4) is 0 Å². The summed E-state index contributed by atoms with van der Waals surface area (Å²) in [5.74, 6) is -0.139. The second-order valence-corrected chi connectivity index (χ2v) is 4.14. The van der Waals surface area contributed by atoms with Gasteiger partial charge in [-0.1, -0.05) is 13.8 Å². The van der Waals surface area contributed by atoms with Crippen LogP contribution in [0.1, 0.15) is 39.5 Å². The average molecular weight is 246 g/mol. The fourth-order valence-electron chi connectivity index (χ4n) is 1.24. The van der Waals surface area contributed by atoms with Gasteiger partial charge in [0.05, 0.1) is 12.5 Å². The molecule has 0 spiro atoms. The summed E-state index contributed by atoms with van der Waals surface area (Å²) < 4.78 is 15.4. The lowest BCUT2D eigenvalue weighted by molar-refractivity contribution is -0.149. The zero-order valence-electron chi connectivity index (χ0n) is 11.4.